The van der Waals surface area contributed by atoms with Crippen molar-refractivity contribution < 1.29 is 0 Å². The molecular formula is C114H93BN6. The van der Waals surface area contributed by atoms with Crippen LogP contribution in [0.2, 0.25) is 0 Å². The van der Waals surface area contributed by atoms with Crippen LogP contribution in [0.4, 0.5) is 39.8 Å². The topological polar surface area (TPSA) is 44.5 Å². The van der Waals surface area contributed by atoms with Crippen molar-refractivity contribution in [2.24, 2.45) is 0 Å². The Bertz CT molecular complexity index is 6720. The van der Waals surface area contributed by atoms with Crippen LogP contribution in [-0.4, -0.2) is 15.8 Å². The smallest absolute Gasteiger partial charge is 0.252 e. The summed E-state index contributed by atoms with van der Waals surface area (Å²) in [5.74, 6) is 0. The molecule has 0 atom stereocenters. The average molecular weight is 1560 g/mol. The van der Waals surface area contributed by atoms with E-state index in [1.54, 1.807) is 0 Å². The van der Waals surface area contributed by atoms with E-state index < -0.39 is 0 Å². The molecule has 0 unspecified atom stereocenters. The van der Waals surface area contributed by atoms with Gasteiger partial charge >= 0.3 is 0 Å². The minimum Gasteiger partial charge on any atom is -0.310 e. The van der Waals surface area contributed by atoms with E-state index in [9.17, 15) is 5.26 Å². The predicted octanol–water partition coefficient (Wildman–Crippen LogP) is 29.2. The Balaban J connectivity index is 1.01. The molecule has 0 amide bonds. The van der Waals surface area contributed by atoms with Gasteiger partial charge < -0.3 is 18.9 Å². The summed E-state index contributed by atoms with van der Waals surface area (Å²) in [7, 11) is 0. The van der Waals surface area contributed by atoms with Gasteiger partial charge in [-0.2, -0.15) is 5.26 Å². The van der Waals surface area contributed by atoms with Gasteiger partial charge in [-0.1, -0.05) is 332 Å². The highest BCUT2D eigenvalue weighted by molar-refractivity contribution is 7.00. The summed E-state index contributed by atoms with van der Waals surface area (Å²) in [6, 6.07) is 132. The van der Waals surface area contributed by atoms with Gasteiger partial charge in [0.2, 0.25) is 0 Å². The van der Waals surface area contributed by atoms with Gasteiger partial charge in [0.25, 0.3) is 6.71 Å². The van der Waals surface area contributed by atoms with E-state index in [-0.39, 0.29) is 28.4 Å². The maximum atomic E-state index is 10.4. The molecule has 121 heavy (non-hydrogen) atoms. The molecule has 7 heteroatoms. The Kier molecular flexibility index (Phi) is 18.0. The van der Waals surface area contributed by atoms with Crippen LogP contribution in [-0.2, 0) is 21.7 Å². The molecule has 16 aromatic carbocycles. The van der Waals surface area contributed by atoms with E-state index >= 15 is 0 Å². The third-order valence-electron chi connectivity index (χ3n) is 25.3. The molecule has 0 saturated carbocycles. The first-order valence-corrected chi connectivity index (χ1v) is 42.3. The summed E-state index contributed by atoms with van der Waals surface area (Å²) < 4.78 is 4.98. The molecule has 0 spiro atoms. The van der Waals surface area contributed by atoms with Gasteiger partial charge in [-0.05, 0) is 213 Å². The van der Waals surface area contributed by atoms with Crippen molar-refractivity contribution in [2.45, 2.75) is 105 Å². The lowest BCUT2D eigenvalue weighted by molar-refractivity contribution is 0.568. The minimum absolute atomic E-state index is 0.241. The molecule has 4 heterocycles. The maximum absolute atomic E-state index is 10.4. The Morgan fingerprint density at radius 3 is 0.926 bits per heavy atom. The number of hydrogen-bond acceptors (Lipinski definition) is 3. The number of fused-ring (bicyclic) bond motifs is 10. The van der Waals surface area contributed by atoms with Gasteiger partial charge in [0.05, 0.1) is 51.6 Å². The number of anilines is 6. The SMILES string of the molecule is [C-]#[N+]c1ccc(-c2cc(-c3ccccc3)c(N3c4cc(-n5c6ccccc6c6ccccc65)ccc4B4c5ccc(-n6c7ccccc7c7ccccc76)cc5N(c5c(-c6ccccc6)cc(-c6ccc(C#N)cc6)cc5-c5cc(C(C)(C)C)cc(C(C)(C)C)c5)c5cc(-c6ccccc6)cc3c54)c(-c3cc(C(C)(C)C)cc(C(C)(C)C)c3)c2)cc1. The normalized spacial score (nSPS) is 12.7. The zero-order chi connectivity index (χ0) is 83.1. The van der Waals surface area contributed by atoms with Crippen LogP contribution in [0.1, 0.15) is 111 Å². The number of rotatable bonds is 11. The van der Waals surface area contributed by atoms with Crippen LogP contribution in [0.25, 0.3) is 138 Å². The minimum atomic E-state index is -0.370. The first-order chi connectivity index (χ1) is 58.4. The van der Waals surface area contributed by atoms with E-state index in [1.165, 1.54) is 43.8 Å². The van der Waals surface area contributed by atoms with Gasteiger partial charge in [-0.15, -0.1) is 0 Å². The van der Waals surface area contributed by atoms with Crippen molar-refractivity contribution in [3.05, 3.63) is 385 Å². The molecule has 0 saturated heterocycles. The molecule has 0 radical (unpaired) electrons. The van der Waals surface area contributed by atoms with E-state index in [0.29, 0.717) is 11.3 Å². The lowest BCUT2D eigenvalue weighted by atomic mass is 9.33. The number of nitriles is 1. The molecule has 0 bridgehead atoms. The van der Waals surface area contributed by atoms with Gasteiger partial charge in [-0.25, -0.2) is 4.85 Å². The van der Waals surface area contributed by atoms with Gasteiger partial charge in [-0.3, -0.25) is 0 Å². The van der Waals surface area contributed by atoms with E-state index in [1.807, 2.05) is 24.3 Å². The summed E-state index contributed by atoms with van der Waals surface area (Å²) in [5.41, 5.74) is 36.4. The number of hydrogen-bond donors (Lipinski definition) is 0. The first-order valence-electron chi connectivity index (χ1n) is 42.3. The van der Waals surface area contributed by atoms with Crippen molar-refractivity contribution in [2.75, 3.05) is 9.80 Å². The van der Waals surface area contributed by atoms with E-state index in [0.717, 1.165) is 162 Å². The van der Waals surface area contributed by atoms with E-state index in [2.05, 4.69) is 434 Å². The Morgan fingerprint density at radius 2 is 0.587 bits per heavy atom. The average Bonchev–Trinajstić information content (AvgIpc) is 0.810. The Labute approximate surface area is 711 Å². The van der Waals surface area contributed by atoms with Crippen molar-refractivity contribution in [1.82, 2.24) is 9.13 Å². The monoisotopic (exact) mass is 1560 g/mol. The quantitative estimate of drug-likeness (QED) is 0.0958. The predicted molar refractivity (Wildman–Crippen MR) is 513 cm³/mol. The second-order valence-corrected chi connectivity index (χ2v) is 37.1. The second kappa shape index (κ2) is 28.8. The van der Waals surface area contributed by atoms with Crippen LogP contribution in [0.3, 0.4) is 0 Å². The zero-order valence-electron chi connectivity index (χ0n) is 70.7. The van der Waals surface area contributed by atoms with Gasteiger partial charge in [0.1, 0.15) is 0 Å². The molecular weight excluding hydrogens is 1460 g/mol. The third kappa shape index (κ3) is 13.0. The summed E-state index contributed by atoms with van der Waals surface area (Å²) in [4.78, 5) is 9.34. The summed E-state index contributed by atoms with van der Waals surface area (Å²) in [5, 5.41) is 15.2. The van der Waals surface area contributed by atoms with Crippen molar-refractivity contribution >= 4 is 107 Å². The molecule has 2 aromatic heterocycles. The molecule has 582 valence electrons. The highest BCUT2D eigenvalue weighted by Gasteiger charge is 2.47. The van der Waals surface area contributed by atoms with Crippen LogP contribution in [0.15, 0.2) is 346 Å². The number of nitrogens with zero attached hydrogens (tertiary/aromatic N) is 6. The lowest BCUT2D eigenvalue weighted by Gasteiger charge is -2.46. The standard InChI is InChI=1S/C114H93BN6/c1-111(2,3)83-57-81(58-84(67-83)112(4,5)6)96-63-78(74-47-45-72(71-116)46-48-74)61-94(76-33-19-15-20-34-76)109(96)120-104-69-88(118-100-41-27-23-37-90(100)91-38-24-28-42-101(91)118)53-55-98(104)115-99-56-54-89(119-102-43-29-25-39-92(102)93-40-26-30-44-103(93)119)70-105(99)121(107-66-80(65-106(120)108(107)115)73-31-17-14-18-32-73)110-95(77-35-21-16-22-36-77)62-79(75-49-51-87(117-13)52-50-75)64-97(110)82-59-85(113(7,8)9)68-86(60-82)114(10,11)12/h14-70H,1-12H3. The molecule has 0 aliphatic carbocycles. The van der Waals surface area contributed by atoms with Crippen molar-refractivity contribution in [1.29, 1.82) is 5.26 Å². The largest absolute Gasteiger partial charge is 0.310 e. The van der Waals surface area contributed by atoms with Crippen molar-refractivity contribution in [3.8, 4) is 95.3 Å². The number of benzene rings is 16. The molecule has 20 rings (SSSR count). The lowest BCUT2D eigenvalue weighted by Crippen LogP contribution is -2.61. The summed E-state index contributed by atoms with van der Waals surface area (Å²) in [6.07, 6.45) is 0. The zero-order valence-corrected chi connectivity index (χ0v) is 70.7. The second-order valence-electron chi connectivity index (χ2n) is 37.1. The first kappa shape index (κ1) is 75.5. The Morgan fingerprint density at radius 1 is 0.281 bits per heavy atom. The molecule has 0 N–H and O–H groups in total. The molecule has 6 nitrogen and oxygen atoms in total. The number of aromatic nitrogens is 2. The fourth-order valence-electron chi connectivity index (χ4n) is 18.9. The molecule has 18 aromatic rings. The van der Waals surface area contributed by atoms with Gasteiger partial charge in [0, 0.05) is 77.9 Å². The molecule has 0 fully saturated rings. The fraction of sp³-hybridized carbons (Fsp3) is 0.140. The van der Waals surface area contributed by atoms with E-state index in [4.69, 9.17) is 6.57 Å². The van der Waals surface area contributed by atoms with Crippen LogP contribution in [0.5, 0.6) is 0 Å². The van der Waals surface area contributed by atoms with Gasteiger partial charge in [0.15, 0.2) is 5.69 Å². The summed E-state index contributed by atoms with van der Waals surface area (Å²) >= 11 is 0. The highest BCUT2D eigenvalue weighted by Crippen LogP contribution is 2.57. The van der Waals surface area contributed by atoms with Crippen LogP contribution >= 0.6 is 0 Å². The molecule has 2 aliphatic heterocycles. The fourth-order valence-corrected chi connectivity index (χ4v) is 18.9. The summed E-state index contributed by atoms with van der Waals surface area (Å²) in [6.45, 7) is 35.9. The third-order valence-corrected chi connectivity index (χ3v) is 25.3. The van der Waals surface area contributed by atoms with Crippen LogP contribution in [0, 0.1) is 17.9 Å². The number of para-hydroxylation sites is 4. The van der Waals surface area contributed by atoms with Crippen molar-refractivity contribution in [3.63, 3.8) is 0 Å². The Hall–Kier alpha value is -14.2. The maximum Gasteiger partial charge on any atom is 0.252 e. The van der Waals surface area contributed by atoms with Crippen LogP contribution < -0.4 is 26.2 Å². The highest BCUT2D eigenvalue weighted by atomic mass is 15.2. The molecule has 2 aliphatic rings.